The van der Waals surface area contributed by atoms with E-state index in [0.29, 0.717) is 5.82 Å². The summed E-state index contributed by atoms with van der Waals surface area (Å²) in [5, 5.41) is 13.3. The summed E-state index contributed by atoms with van der Waals surface area (Å²) in [6.07, 6.45) is 3.38. The maximum Gasteiger partial charge on any atom is 0.229 e. The molecule has 5 heteroatoms. The number of nitrogens with zero attached hydrogens (tertiary/aromatic N) is 4. The van der Waals surface area contributed by atoms with Gasteiger partial charge < -0.3 is 9.67 Å². The predicted molar refractivity (Wildman–Crippen MR) is 47.1 cm³/mol. The first-order chi connectivity index (χ1) is 6.16. The molecule has 13 heavy (non-hydrogen) atoms. The molecule has 0 radical (unpaired) electrons. The van der Waals surface area contributed by atoms with Crippen molar-refractivity contribution < 1.29 is 5.11 Å². The third-order valence-corrected chi connectivity index (χ3v) is 1.81. The van der Waals surface area contributed by atoms with Gasteiger partial charge in [-0.15, -0.1) is 0 Å². The SMILES string of the molecule is Cn1ccc(-c2nc(O)cn2C)n1. The predicted octanol–water partition coefficient (Wildman–Crippen LogP) is 0.526. The smallest absolute Gasteiger partial charge is 0.229 e. The summed E-state index contributed by atoms with van der Waals surface area (Å²) in [6, 6.07) is 1.85. The lowest BCUT2D eigenvalue weighted by molar-refractivity contribution is 0.456. The van der Waals surface area contributed by atoms with Gasteiger partial charge in [0.1, 0.15) is 5.69 Å². The minimum atomic E-state index is 0.0168. The highest BCUT2D eigenvalue weighted by Crippen LogP contribution is 2.17. The number of aromatic hydroxyl groups is 1. The van der Waals surface area contributed by atoms with E-state index in [9.17, 15) is 0 Å². The lowest BCUT2D eigenvalue weighted by atomic mass is 10.4. The number of imidazole rings is 1. The van der Waals surface area contributed by atoms with E-state index in [0.717, 1.165) is 5.69 Å². The lowest BCUT2D eigenvalue weighted by Crippen LogP contribution is -1.93. The fraction of sp³-hybridized carbons (Fsp3) is 0.250. The molecule has 2 aromatic rings. The molecule has 0 aliphatic heterocycles. The van der Waals surface area contributed by atoms with Gasteiger partial charge in [0, 0.05) is 20.3 Å². The molecular formula is C8H10N4O. The molecule has 0 saturated heterocycles. The second kappa shape index (κ2) is 2.62. The van der Waals surface area contributed by atoms with Crippen molar-refractivity contribution in [3.63, 3.8) is 0 Å². The van der Waals surface area contributed by atoms with Crippen LogP contribution < -0.4 is 0 Å². The molecular weight excluding hydrogens is 168 g/mol. The second-order valence-corrected chi connectivity index (χ2v) is 2.91. The van der Waals surface area contributed by atoms with Crippen molar-refractivity contribution in [1.82, 2.24) is 19.3 Å². The summed E-state index contributed by atoms with van der Waals surface area (Å²) in [5.74, 6) is 0.682. The standard InChI is InChI=1S/C8H10N4O/c1-11-5-7(13)9-8(11)6-3-4-12(2)10-6/h3-5,13H,1-2H3. The van der Waals surface area contributed by atoms with Gasteiger partial charge in [0.05, 0.1) is 6.20 Å². The Kier molecular flexibility index (Phi) is 1.58. The summed E-state index contributed by atoms with van der Waals surface area (Å²) in [6.45, 7) is 0. The van der Waals surface area contributed by atoms with Crippen molar-refractivity contribution in [2.75, 3.05) is 0 Å². The van der Waals surface area contributed by atoms with Crippen LogP contribution in [0.1, 0.15) is 0 Å². The first-order valence-corrected chi connectivity index (χ1v) is 3.89. The van der Waals surface area contributed by atoms with E-state index in [1.165, 1.54) is 0 Å². The van der Waals surface area contributed by atoms with Crippen LogP contribution in [0.25, 0.3) is 11.5 Å². The van der Waals surface area contributed by atoms with E-state index in [1.807, 2.05) is 26.4 Å². The van der Waals surface area contributed by atoms with Crippen molar-refractivity contribution in [2.45, 2.75) is 0 Å². The summed E-state index contributed by atoms with van der Waals surface area (Å²) >= 11 is 0. The molecule has 0 fully saturated rings. The number of hydrogen-bond acceptors (Lipinski definition) is 3. The van der Waals surface area contributed by atoms with Crippen molar-refractivity contribution >= 4 is 0 Å². The summed E-state index contributed by atoms with van der Waals surface area (Å²) in [4.78, 5) is 3.94. The van der Waals surface area contributed by atoms with Crippen molar-refractivity contribution in [2.24, 2.45) is 14.1 Å². The monoisotopic (exact) mass is 178 g/mol. The Morgan fingerprint density at radius 3 is 2.62 bits per heavy atom. The first kappa shape index (κ1) is 7.85. The van der Waals surface area contributed by atoms with Gasteiger partial charge in [-0.1, -0.05) is 0 Å². The molecule has 0 atom stereocenters. The Morgan fingerprint density at radius 2 is 2.15 bits per heavy atom. The first-order valence-electron chi connectivity index (χ1n) is 3.89. The Balaban J connectivity index is 2.51. The van der Waals surface area contributed by atoms with Crippen molar-refractivity contribution in [3.05, 3.63) is 18.5 Å². The number of hydrogen-bond donors (Lipinski definition) is 1. The van der Waals surface area contributed by atoms with Gasteiger partial charge in [-0.25, -0.2) is 0 Å². The van der Waals surface area contributed by atoms with Gasteiger partial charge in [-0.05, 0) is 6.07 Å². The molecule has 0 aliphatic rings. The van der Waals surface area contributed by atoms with Crippen molar-refractivity contribution in [3.8, 4) is 17.4 Å². The van der Waals surface area contributed by atoms with Crippen LogP contribution in [0.15, 0.2) is 18.5 Å². The maximum atomic E-state index is 9.14. The topological polar surface area (TPSA) is 55.9 Å². The quantitative estimate of drug-likeness (QED) is 0.692. The lowest BCUT2D eigenvalue weighted by Gasteiger charge is -1.94. The fourth-order valence-electron chi connectivity index (χ4n) is 1.22. The fourth-order valence-corrected chi connectivity index (χ4v) is 1.22. The van der Waals surface area contributed by atoms with Crippen LogP contribution in [0.4, 0.5) is 0 Å². The van der Waals surface area contributed by atoms with Gasteiger partial charge in [0.2, 0.25) is 5.88 Å². The summed E-state index contributed by atoms with van der Waals surface area (Å²) in [5.41, 5.74) is 0.755. The van der Waals surface area contributed by atoms with Gasteiger partial charge >= 0.3 is 0 Å². The van der Waals surface area contributed by atoms with Crippen LogP contribution in [-0.4, -0.2) is 24.4 Å². The second-order valence-electron chi connectivity index (χ2n) is 2.91. The van der Waals surface area contributed by atoms with E-state index in [-0.39, 0.29) is 5.88 Å². The van der Waals surface area contributed by atoms with Gasteiger partial charge in [-0.2, -0.15) is 10.1 Å². The highest BCUT2D eigenvalue weighted by molar-refractivity contribution is 5.50. The largest absolute Gasteiger partial charge is 0.492 e. The minimum absolute atomic E-state index is 0.0168. The molecule has 0 aliphatic carbocycles. The van der Waals surface area contributed by atoms with E-state index in [2.05, 4.69) is 10.1 Å². The third kappa shape index (κ3) is 1.28. The molecule has 0 spiro atoms. The molecule has 0 bridgehead atoms. The molecule has 0 amide bonds. The van der Waals surface area contributed by atoms with E-state index in [1.54, 1.807) is 15.4 Å². The van der Waals surface area contributed by atoms with Crippen LogP contribution >= 0.6 is 0 Å². The normalized spacial score (nSPS) is 10.6. The molecule has 2 rings (SSSR count). The van der Waals surface area contributed by atoms with Crippen molar-refractivity contribution in [1.29, 1.82) is 0 Å². The molecule has 68 valence electrons. The molecule has 0 unspecified atom stereocenters. The maximum absolute atomic E-state index is 9.14. The van der Waals surface area contributed by atoms with E-state index < -0.39 is 0 Å². The third-order valence-electron chi connectivity index (χ3n) is 1.81. The Morgan fingerprint density at radius 1 is 1.38 bits per heavy atom. The van der Waals surface area contributed by atoms with Crippen LogP contribution in [0, 0.1) is 0 Å². The van der Waals surface area contributed by atoms with Gasteiger partial charge in [0.25, 0.3) is 0 Å². The zero-order valence-corrected chi connectivity index (χ0v) is 7.47. The van der Waals surface area contributed by atoms with E-state index in [4.69, 9.17) is 5.11 Å². The summed E-state index contributed by atoms with van der Waals surface area (Å²) < 4.78 is 3.43. The Labute approximate surface area is 75.3 Å². The van der Waals surface area contributed by atoms with Gasteiger partial charge in [-0.3, -0.25) is 4.68 Å². The van der Waals surface area contributed by atoms with Crippen LogP contribution in [-0.2, 0) is 14.1 Å². The average molecular weight is 178 g/mol. The van der Waals surface area contributed by atoms with Crippen LogP contribution in [0.5, 0.6) is 5.88 Å². The Hall–Kier alpha value is -1.78. The van der Waals surface area contributed by atoms with Gasteiger partial charge in [0.15, 0.2) is 5.82 Å². The minimum Gasteiger partial charge on any atom is -0.492 e. The van der Waals surface area contributed by atoms with Crippen LogP contribution in [0.3, 0.4) is 0 Å². The molecule has 2 aromatic heterocycles. The molecule has 2 heterocycles. The zero-order chi connectivity index (χ0) is 9.42. The molecule has 0 saturated carbocycles. The number of aryl methyl sites for hydroxylation is 2. The number of aromatic nitrogens is 4. The highest BCUT2D eigenvalue weighted by Gasteiger charge is 2.08. The summed E-state index contributed by atoms with van der Waals surface area (Å²) in [7, 11) is 3.66. The van der Waals surface area contributed by atoms with Crippen LogP contribution in [0.2, 0.25) is 0 Å². The number of rotatable bonds is 1. The molecule has 0 aromatic carbocycles. The zero-order valence-electron chi connectivity index (χ0n) is 7.47. The van der Waals surface area contributed by atoms with E-state index >= 15 is 0 Å². The Bertz CT molecular complexity index is 429. The molecule has 5 nitrogen and oxygen atoms in total. The average Bonchev–Trinajstić information content (AvgIpc) is 2.58. The molecule has 1 N–H and O–H groups in total. The highest BCUT2D eigenvalue weighted by atomic mass is 16.3.